The minimum Gasteiger partial charge on any atom is -0.381 e. The molecule has 0 atom stereocenters. The largest absolute Gasteiger partial charge is 0.381 e. The fraction of sp³-hybridized carbons (Fsp3) is 0.500. The molecule has 0 aliphatic carbocycles. The Bertz CT molecular complexity index is 436. The molecule has 1 fully saturated rings. The molecule has 0 spiro atoms. The maximum Gasteiger partial charge on any atom is 0.227 e. The molecule has 7 nitrogen and oxygen atoms in total. The van der Waals surface area contributed by atoms with Gasteiger partial charge in [0.05, 0.1) is 6.20 Å². The lowest BCUT2D eigenvalue weighted by Gasteiger charge is -2.21. The Hall–Kier alpha value is -1.44. The number of ether oxygens (including phenoxy) is 1. The third kappa shape index (κ3) is 3.06. The van der Waals surface area contributed by atoms with Gasteiger partial charge in [-0.2, -0.15) is 4.98 Å². The zero-order valence-corrected chi connectivity index (χ0v) is 10.4. The van der Waals surface area contributed by atoms with E-state index in [1.807, 2.05) is 0 Å². The molecule has 98 valence electrons. The number of halogens is 1. The number of aromatic nitrogens is 2. The standard InChI is InChI=1S/C10H14ClN5O2/c11-10-13-5-7(8(15-10)16-12)14-9(17)6-1-3-18-4-2-6/h5-6H,1-4,12H2,(H,14,17)(H,13,15,16). The minimum absolute atomic E-state index is 0.0555. The highest BCUT2D eigenvalue weighted by Crippen LogP contribution is 2.22. The molecule has 0 unspecified atom stereocenters. The summed E-state index contributed by atoms with van der Waals surface area (Å²) in [7, 11) is 0. The molecule has 0 aromatic carbocycles. The lowest BCUT2D eigenvalue weighted by Crippen LogP contribution is -2.29. The van der Waals surface area contributed by atoms with E-state index < -0.39 is 0 Å². The van der Waals surface area contributed by atoms with Crippen molar-refractivity contribution < 1.29 is 9.53 Å². The molecule has 0 saturated carbocycles. The Morgan fingerprint density at radius 3 is 2.89 bits per heavy atom. The second-order valence-electron chi connectivity index (χ2n) is 3.92. The van der Waals surface area contributed by atoms with Gasteiger partial charge in [0.1, 0.15) is 5.69 Å². The van der Waals surface area contributed by atoms with Crippen LogP contribution >= 0.6 is 11.6 Å². The summed E-state index contributed by atoms with van der Waals surface area (Å²) in [5.41, 5.74) is 2.78. The first kappa shape index (κ1) is 13.0. The lowest BCUT2D eigenvalue weighted by atomic mass is 9.99. The quantitative estimate of drug-likeness (QED) is 0.427. The zero-order chi connectivity index (χ0) is 13.0. The highest BCUT2D eigenvalue weighted by Gasteiger charge is 2.22. The Kier molecular flexibility index (Phi) is 4.29. The monoisotopic (exact) mass is 271 g/mol. The molecule has 1 amide bonds. The summed E-state index contributed by atoms with van der Waals surface area (Å²) in [4.78, 5) is 19.7. The lowest BCUT2D eigenvalue weighted by molar-refractivity contribution is -0.122. The molecule has 4 N–H and O–H groups in total. The van der Waals surface area contributed by atoms with Crippen LogP contribution in [0.4, 0.5) is 11.5 Å². The number of nitrogens with one attached hydrogen (secondary N) is 2. The molecular formula is C10H14ClN5O2. The van der Waals surface area contributed by atoms with Crippen LogP contribution in [0, 0.1) is 5.92 Å². The SMILES string of the molecule is NNc1nc(Cl)ncc1NC(=O)C1CCOCC1. The third-order valence-corrected chi connectivity index (χ3v) is 2.93. The first-order chi connectivity index (χ1) is 8.70. The van der Waals surface area contributed by atoms with Crippen molar-refractivity contribution in [2.45, 2.75) is 12.8 Å². The highest BCUT2D eigenvalue weighted by molar-refractivity contribution is 6.28. The van der Waals surface area contributed by atoms with Gasteiger partial charge >= 0.3 is 0 Å². The van der Waals surface area contributed by atoms with Crippen molar-refractivity contribution in [3.63, 3.8) is 0 Å². The zero-order valence-electron chi connectivity index (χ0n) is 9.65. The molecule has 1 aliphatic heterocycles. The number of hydrogen-bond acceptors (Lipinski definition) is 6. The summed E-state index contributed by atoms with van der Waals surface area (Å²) in [6.45, 7) is 1.22. The van der Waals surface area contributed by atoms with Crippen molar-refractivity contribution in [2.24, 2.45) is 11.8 Å². The molecule has 1 aliphatic rings. The summed E-state index contributed by atoms with van der Waals surface area (Å²) in [6, 6.07) is 0. The highest BCUT2D eigenvalue weighted by atomic mass is 35.5. The van der Waals surface area contributed by atoms with Crippen LogP contribution in [0.25, 0.3) is 0 Å². The van der Waals surface area contributed by atoms with Crippen LogP contribution < -0.4 is 16.6 Å². The van der Waals surface area contributed by atoms with Gasteiger partial charge < -0.3 is 15.5 Å². The van der Waals surface area contributed by atoms with Crippen LogP contribution in [0.15, 0.2) is 6.20 Å². The van der Waals surface area contributed by atoms with E-state index in [0.29, 0.717) is 31.7 Å². The van der Waals surface area contributed by atoms with Gasteiger partial charge in [-0.3, -0.25) is 4.79 Å². The maximum atomic E-state index is 12.0. The average Bonchev–Trinajstić information content (AvgIpc) is 2.41. The van der Waals surface area contributed by atoms with Gasteiger partial charge in [0, 0.05) is 19.1 Å². The van der Waals surface area contributed by atoms with Gasteiger partial charge in [-0.1, -0.05) is 0 Å². The maximum absolute atomic E-state index is 12.0. The number of carbonyl (C=O) groups is 1. The van der Waals surface area contributed by atoms with E-state index in [0.717, 1.165) is 0 Å². The molecule has 2 rings (SSSR count). The van der Waals surface area contributed by atoms with Gasteiger partial charge in [0.15, 0.2) is 5.82 Å². The van der Waals surface area contributed by atoms with E-state index in [1.165, 1.54) is 6.20 Å². The third-order valence-electron chi connectivity index (χ3n) is 2.75. The fourth-order valence-electron chi connectivity index (χ4n) is 1.76. The van der Waals surface area contributed by atoms with Crippen LogP contribution in [-0.2, 0) is 9.53 Å². The Balaban J connectivity index is 2.06. The van der Waals surface area contributed by atoms with Crippen LogP contribution in [0.2, 0.25) is 5.28 Å². The van der Waals surface area contributed by atoms with E-state index in [4.69, 9.17) is 22.2 Å². The summed E-state index contributed by atoms with van der Waals surface area (Å²) < 4.78 is 5.21. The average molecular weight is 272 g/mol. The summed E-state index contributed by atoms with van der Waals surface area (Å²) in [5.74, 6) is 5.45. The van der Waals surface area contributed by atoms with Crippen molar-refractivity contribution in [3.8, 4) is 0 Å². The minimum atomic E-state index is -0.0827. The van der Waals surface area contributed by atoms with Crippen molar-refractivity contribution in [3.05, 3.63) is 11.5 Å². The molecule has 2 heterocycles. The van der Waals surface area contributed by atoms with Crippen LogP contribution in [-0.4, -0.2) is 29.1 Å². The van der Waals surface area contributed by atoms with E-state index >= 15 is 0 Å². The van der Waals surface area contributed by atoms with Crippen LogP contribution in [0.3, 0.4) is 0 Å². The summed E-state index contributed by atoms with van der Waals surface area (Å²) in [5, 5.41) is 2.80. The molecular weight excluding hydrogens is 258 g/mol. The number of nitrogen functional groups attached to an aromatic ring is 1. The van der Waals surface area contributed by atoms with E-state index in [2.05, 4.69) is 20.7 Å². The number of amides is 1. The van der Waals surface area contributed by atoms with Gasteiger partial charge in [-0.05, 0) is 24.4 Å². The summed E-state index contributed by atoms with van der Waals surface area (Å²) >= 11 is 5.63. The smallest absolute Gasteiger partial charge is 0.227 e. The van der Waals surface area contributed by atoms with Gasteiger partial charge in [0.2, 0.25) is 11.2 Å². The summed E-state index contributed by atoms with van der Waals surface area (Å²) in [6.07, 6.45) is 2.85. The Labute approximate surface area is 109 Å². The molecule has 0 radical (unpaired) electrons. The molecule has 0 bridgehead atoms. The number of hydrazine groups is 1. The van der Waals surface area contributed by atoms with Crippen LogP contribution in [0.5, 0.6) is 0 Å². The number of rotatable bonds is 3. The number of anilines is 2. The number of nitrogens with zero attached hydrogens (tertiary/aromatic N) is 2. The molecule has 18 heavy (non-hydrogen) atoms. The van der Waals surface area contributed by atoms with Gasteiger partial charge in [-0.25, -0.2) is 10.8 Å². The van der Waals surface area contributed by atoms with Crippen molar-refractivity contribution >= 4 is 29.0 Å². The van der Waals surface area contributed by atoms with E-state index in [9.17, 15) is 4.79 Å². The van der Waals surface area contributed by atoms with Crippen molar-refractivity contribution in [1.82, 2.24) is 9.97 Å². The number of nitrogens with two attached hydrogens (primary N) is 1. The molecule has 1 aromatic heterocycles. The second-order valence-corrected chi connectivity index (χ2v) is 4.26. The Morgan fingerprint density at radius 2 is 2.22 bits per heavy atom. The normalized spacial score (nSPS) is 16.3. The molecule has 8 heteroatoms. The van der Waals surface area contributed by atoms with E-state index in [1.54, 1.807) is 0 Å². The number of hydrogen-bond donors (Lipinski definition) is 3. The molecule has 1 saturated heterocycles. The van der Waals surface area contributed by atoms with Crippen molar-refractivity contribution in [1.29, 1.82) is 0 Å². The predicted molar refractivity (Wildman–Crippen MR) is 67.0 cm³/mol. The molecule has 1 aromatic rings. The first-order valence-corrected chi connectivity index (χ1v) is 5.96. The topological polar surface area (TPSA) is 102 Å². The van der Waals surface area contributed by atoms with Gasteiger partial charge in [0.25, 0.3) is 0 Å². The Morgan fingerprint density at radius 1 is 1.50 bits per heavy atom. The fourth-order valence-corrected chi connectivity index (χ4v) is 1.89. The number of carbonyl (C=O) groups excluding carboxylic acids is 1. The van der Waals surface area contributed by atoms with E-state index in [-0.39, 0.29) is 22.9 Å². The van der Waals surface area contributed by atoms with Crippen molar-refractivity contribution in [2.75, 3.05) is 24.0 Å². The first-order valence-electron chi connectivity index (χ1n) is 5.58. The van der Waals surface area contributed by atoms with Crippen LogP contribution in [0.1, 0.15) is 12.8 Å². The van der Waals surface area contributed by atoms with Gasteiger partial charge in [-0.15, -0.1) is 0 Å². The second kappa shape index (κ2) is 5.94. The predicted octanol–water partition coefficient (Wildman–Crippen LogP) is 0.781.